The molecule has 0 saturated heterocycles. The smallest absolute Gasteiger partial charge is 0.390 e. The Morgan fingerprint density at radius 2 is 2.56 bits per heavy atom. The highest BCUT2D eigenvalue weighted by Crippen LogP contribution is 2.08. The molecule has 0 radical (unpaired) electrons. The van der Waals surface area contributed by atoms with Crippen LogP contribution in [0.25, 0.3) is 0 Å². The van der Waals surface area contributed by atoms with Crippen LogP contribution in [0.1, 0.15) is 5.69 Å². The molecule has 1 aromatic heterocycles. The highest BCUT2D eigenvalue weighted by atomic mass is 32.1. The van der Waals surface area contributed by atoms with E-state index in [1.807, 2.05) is 0 Å². The molecule has 0 aliphatic rings. The summed E-state index contributed by atoms with van der Waals surface area (Å²) in [6, 6.07) is 0. The van der Waals surface area contributed by atoms with Crippen molar-refractivity contribution in [2.75, 3.05) is 6.54 Å². The summed E-state index contributed by atoms with van der Waals surface area (Å²) in [4.78, 5) is 13.6. The highest BCUT2D eigenvalue weighted by molar-refractivity contribution is 7.80. The SMILES string of the molecule is C=CCNC(=S)N/N=C/c1cnc([N+](=O)[O-])n1C. The van der Waals surface area contributed by atoms with Crippen molar-refractivity contribution < 1.29 is 4.92 Å². The monoisotopic (exact) mass is 268 g/mol. The van der Waals surface area contributed by atoms with Crippen molar-refractivity contribution in [3.05, 3.63) is 34.7 Å². The second-order valence-corrected chi connectivity index (χ2v) is 3.58. The van der Waals surface area contributed by atoms with Crippen molar-refractivity contribution in [3.8, 4) is 0 Å². The van der Waals surface area contributed by atoms with Crippen LogP contribution in [-0.2, 0) is 7.05 Å². The van der Waals surface area contributed by atoms with Crippen molar-refractivity contribution >= 4 is 29.5 Å². The van der Waals surface area contributed by atoms with E-state index in [4.69, 9.17) is 12.2 Å². The number of rotatable bonds is 5. The average molecular weight is 268 g/mol. The Labute approximate surface area is 109 Å². The molecule has 0 aliphatic heterocycles. The van der Waals surface area contributed by atoms with Crippen LogP contribution in [0.2, 0.25) is 0 Å². The first-order valence-corrected chi connectivity index (χ1v) is 5.31. The van der Waals surface area contributed by atoms with E-state index in [0.717, 1.165) is 0 Å². The van der Waals surface area contributed by atoms with Crippen LogP contribution in [0.5, 0.6) is 0 Å². The van der Waals surface area contributed by atoms with Crippen LogP contribution in [0.15, 0.2) is 24.0 Å². The van der Waals surface area contributed by atoms with Crippen molar-refractivity contribution in [2.45, 2.75) is 0 Å². The fourth-order valence-electron chi connectivity index (χ4n) is 1.06. The number of hydrogen-bond acceptors (Lipinski definition) is 5. The van der Waals surface area contributed by atoms with Gasteiger partial charge in [0.2, 0.25) is 0 Å². The number of hydrazone groups is 1. The zero-order valence-corrected chi connectivity index (χ0v) is 10.5. The molecule has 18 heavy (non-hydrogen) atoms. The van der Waals surface area contributed by atoms with Gasteiger partial charge in [0.25, 0.3) is 0 Å². The predicted molar refractivity (Wildman–Crippen MR) is 71.4 cm³/mol. The first-order valence-electron chi connectivity index (χ1n) is 4.90. The van der Waals surface area contributed by atoms with Gasteiger partial charge in [-0.25, -0.2) is 4.57 Å². The van der Waals surface area contributed by atoms with E-state index in [-0.39, 0.29) is 5.95 Å². The second kappa shape index (κ2) is 6.45. The number of nitro groups is 1. The van der Waals surface area contributed by atoms with Crippen molar-refractivity contribution in [1.29, 1.82) is 0 Å². The van der Waals surface area contributed by atoms with Crippen molar-refractivity contribution in [1.82, 2.24) is 20.3 Å². The van der Waals surface area contributed by atoms with E-state index in [1.54, 1.807) is 6.08 Å². The van der Waals surface area contributed by atoms with Gasteiger partial charge in [-0.05, 0) is 17.1 Å². The Hall–Kier alpha value is -2.29. The van der Waals surface area contributed by atoms with E-state index in [2.05, 4.69) is 27.4 Å². The first-order chi connectivity index (χ1) is 8.56. The Morgan fingerprint density at radius 3 is 3.11 bits per heavy atom. The number of hydrogen-bond donors (Lipinski definition) is 2. The quantitative estimate of drug-likeness (QED) is 0.262. The molecule has 0 saturated carbocycles. The van der Waals surface area contributed by atoms with Gasteiger partial charge in [-0.15, -0.1) is 6.58 Å². The van der Waals surface area contributed by atoms with Crippen LogP contribution < -0.4 is 10.7 Å². The van der Waals surface area contributed by atoms with Gasteiger partial charge in [-0.2, -0.15) is 5.10 Å². The standard InChI is InChI=1S/C9H12N6O2S/c1-3-4-10-8(18)13-12-6-7-5-11-9(14(7)2)15(16)17/h3,5-6H,1,4H2,2H3,(H2,10,13,18)/b12-6+. The number of imidazole rings is 1. The maximum absolute atomic E-state index is 10.6. The van der Waals surface area contributed by atoms with Gasteiger partial charge in [0, 0.05) is 6.54 Å². The van der Waals surface area contributed by atoms with Crippen LogP contribution in [0.3, 0.4) is 0 Å². The molecule has 8 nitrogen and oxygen atoms in total. The largest absolute Gasteiger partial charge is 0.434 e. The molecule has 0 aromatic carbocycles. The van der Waals surface area contributed by atoms with Crippen LogP contribution in [0, 0.1) is 10.1 Å². The summed E-state index contributed by atoms with van der Waals surface area (Å²) in [5.74, 6) is -0.246. The lowest BCUT2D eigenvalue weighted by atomic mass is 10.5. The van der Waals surface area contributed by atoms with Gasteiger partial charge in [0.05, 0.1) is 13.3 Å². The van der Waals surface area contributed by atoms with E-state index in [0.29, 0.717) is 17.4 Å². The lowest BCUT2D eigenvalue weighted by Crippen LogP contribution is -2.31. The molecule has 0 fully saturated rings. The minimum atomic E-state index is -0.568. The maximum atomic E-state index is 10.6. The third-order valence-electron chi connectivity index (χ3n) is 1.93. The highest BCUT2D eigenvalue weighted by Gasteiger charge is 2.15. The topological polar surface area (TPSA) is 97.4 Å². The number of nitrogens with one attached hydrogen (secondary N) is 2. The second-order valence-electron chi connectivity index (χ2n) is 3.17. The minimum Gasteiger partial charge on any atom is -0.390 e. The molecule has 9 heteroatoms. The van der Waals surface area contributed by atoms with Crippen LogP contribution >= 0.6 is 12.2 Å². The van der Waals surface area contributed by atoms with Gasteiger partial charge < -0.3 is 15.4 Å². The molecule has 0 spiro atoms. The maximum Gasteiger partial charge on any atom is 0.434 e. The van der Waals surface area contributed by atoms with Crippen molar-refractivity contribution in [3.63, 3.8) is 0 Å². The molecular formula is C9H12N6O2S. The molecule has 96 valence electrons. The predicted octanol–water partition coefficient (Wildman–Crippen LogP) is 0.312. The third kappa shape index (κ3) is 3.63. The zero-order valence-electron chi connectivity index (χ0n) is 9.66. The van der Waals surface area contributed by atoms with Gasteiger partial charge in [0.1, 0.15) is 6.20 Å². The molecular weight excluding hydrogens is 256 g/mol. The fourth-order valence-corrected chi connectivity index (χ4v) is 1.20. The Balaban J connectivity index is 2.60. The number of thiocarbonyl (C=S) groups is 1. The number of nitrogens with zero attached hydrogens (tertiary/aromatic N) is 4. The molecule has 1 aromatic rings. The molecule has 0 bridgehead atoms. The Bertz CT molecular complexity index is 495. The molecule has 1 rings (SSSR count). The molecule has 0 aliphatic carbocycles. The summed E-state index contributed by atoms with van der Waals surface area (Å²) >= 11 is 4.90. The molecule has 0 atom stereocenters. The van der Waals surface area contributed by atoms with Crippen LogP contribution in [-0.4, -0.2) is 32.3 Å². The molecule has 1 heterocycles. The van der Waals surface area contributed by atoms with Gasteiger partial charge >= 0.3 is 5.95 Å². The first kappa shape index (κ1) is 13.8. The normalized spacial score (nSPS) is 10.3. The summed E-state index contributed by atoms with van der Waals surface area (Å²) in [6.07, 6.45) is 4.40. The molecule has 2 N–H and O–H groups in total. The Kier molecular flexibility index (Phi) is 4.93. The Morgan fingerprint density at radius 1 is 1.83 bits per heavy atom. The summed E-state index contributed by atoms with van der Waals surface area (Å²) in [5.41, 5.74) is 3.05. The zero-order chi connectivity index (χ0) is 13.5. The minimum absolute atomic E-state index is 0.246. The third-order valence-corrected chi connectivity index (χ3v) is 2.17. The fraction of sp³-hybridized carbons (Fsp3) is 0.222. The van der Waals surface area contributed by atoms with Gasteiger partial charge in [-0.1, -0.05) is 11.1 Å². The number of aromatic nitrogens is 2. The van der Waals surface area contributed by atoms with E-state index in [9.17, 15) is 10.1 Å². The summed E-state index contributed by atoms with van der Waals surface area (Å²) < 4.78 is 1.31. The van der Waals surface area contributed by atoms with Crippen LogP contribution in [0.4, 0.5) is 5.95 Å². The summed E-state index contributed by atoms with van der Waals surface area (Å²) in [6.45, 7) is 4.05. The lowest BCUT2D eigenvalue weighted by Gasteiger charge is -2.02. The molecule has 0 unspecified atom stereocenters. The lowest BCUT2D eigenvalue weighted by molar-refractivity contribution is -0.396. The van der Waals surface area contributed by atoms with Gasteiger partial charge in [-0.3, -0.25) is 5.43 Å². The van der Waals surface area contributed by atoms with E-state index in [1.165, 1.54) is 24.0 Å². The van der Waals surface area contributed by atoms with E-state index >= 15 is 0 Å². The average Bonchev–Trinajstić information content (AvgIpc) is 2.68. The van der Waals surface area contributed by atoms with E-state index < -0.39 is 4.92 Å². The summed E-state index contributed by atoms with van der Waals surface area (Å²) in [5, 5.41) is 17.5. The molecule has 0 amide bonds. The van der Waals surface area contributed by atoms with Crippen molar-refractivity contribution in [2.24, 2.45) is 12.1 Å². The van der Waals surface area contributed by atoms with Gasteiger partial charge in [0.15, 0.2) is 10.8 Å². The summed E-state index contributed by atoms with van der Waals surface area (Å²) in [7, 11) is 1.53.